The molecule has 0 bridgehead atoms. The molecule has 0 saturated carbocycles. The molecule has 1 rings (SSSR count). The van der Waals surface area contributed by atoms with Gasteiger partial charge in [0.25, 0.3) is 0 Å². The van der Waals surface area contributed by atoms with Crippen molar-refractivity contribution < 1.29 is 9.18 Å². The van der Waals surface area contributed by atoms with E-state index in [0.717, 1.165) is 0 Å². The summed E-state index contributed by atoms with van der Waals surface area (Å²) in [6.07, 6.45) is 0. The molecule has 0 saturated heterocycles. The normalized spacial score (nSPS) is 12.2. The van der Waals surface area contributed by atoms with E-state index in [4.69, 9.17) is 0 Å². The van der Waals surface area contributed by atoms with E-state index in [1.807, 2.05) is 0 Å². The third kappa shape index (κ3) is 3.32. The highest BCUT2D eigenvalue weighted by molar-refractivity contribution is 5.81. The van der Waals surface area contributed by atoms with Gasteiger partial charge in [0.1, 0.15) is 5.82 Å². The van der Waals surface area contributed by atoms with Crippen molar-refractivity contribution in [3.63, 3.8) is 0 Å². The lowest BCUT2D eigenvalue weighted by molar-refractivity contribution is -0.122. The van der Waals surface area contributed by atoms with E-state index in [2.05, 4.69) is 10.6 Å². The minimum atomic E-state index is -0.296. The van der Waals surface area contributed by atoms with E-state index < -0.39 is 0 Å². The highest BCUT2D eigenvalue weighted by Crippen LogP contribution is 2.05. The molecule has 1 aromatic carbocycles. The second-order valence-electron chi connectivity index (χ2n) is 3.32. The first-order valence-corrected chi connectivity index (χ1v) is 4.83. The van der Waals surface area contributed by atoms with E-state index in [-0.39, 0.29) is 24.3 Å². The molecular formula is C11H15FN2O. The van der Waals surface area contributed by atoms with Gasteiger partial charge in [-0.3, -0.25) is 4.79 Å². The number of carbonyl (C=O) groups is 1. The Bertz CT molecular complexity index is 341. The average Bonchev–Trinajstić information content (AvgIpc) is 2.26. The molecule has 15 heavy (non-hydrogen) atoms. The molecule has 0 aliphatic heterocycles. The summed E-state index contributed by atoms with van der Waals surface area (Å²) in [5.74, 6) is -0.435. The maximum Gasteiger partial charge on any atom is 0.237 e. The van der Waals surface area contributed by atoms with E-state index in [1.165, 1.54) is 6.07 Å². The average molecular weight is 210 g/mol. The fourth-order valence-corrected chi connectivity index (χ4v) is 1.11. The van der Waals surface area contributed by atoms with Gasteiger partial charge in [0.05, 0.1) is 6.04 Å². The molecule has 0 aliphatic carbocycles. The van der Waals surface area contributed by atoms with Crippen molar-refractivity contribution in [3.8, 4) is 0 Å². The van der Waals surface area contributed by atoms with Crippen molar-refractivity contribution in [1.82, 2.24) is 10.6 Å². The number of hydrogen-bond acceptors (Lipinski definition) is 2. The van der Waals surface area contributed by atoms with Crippen LogP contribution in [-0.2, 0) is 11.3 Å². The van der Waals surface area contributed by atoms with Crippen LogP contribution in [0.15, 0.2) is 24.3 Å². The Hall–Kier alpha value is -1.42. The topological polar surface area (TPSA) is 41.1 Å². The Balaban J connectivity index is 2.51. The van der Waals surface area contributed by atoms with Crippen LogP contribution in [0, 0.1) is 5.82 Å². The summed E-state index contributed by atoms with van der Waals surface area (Å²) in [5.41, 5.74) is 0.495. The molecule has 0 aromatic heterocycles. The number of amides is 1. The summed E-state index contributed by atoms with van der Waals surface area (Å²) in [4.78, 5) is 11.4. The van der Waals surface area contributed by atoms with Crippen LogP contribution in [-0.4, -0.2) is 19.0 Å². The second-order valence-corrected chi connectivity index (χ2v) is 3.32. The lowest BCUT2D eigenvalue weighted by Gasteiger charge is -2.11. The summed E-state index contributed by atoms with van der Waals surface area (Å²) in [5, 5.41) is 5.46. The van der Waals surface area contributed by atoms with E-state index >= 15 is 0 Å². The lowest BCUT2D eigenvalue weighted by Crippen LogP contribution is -2.40. The van der Waals surface area contributed by atoms with Gasteiger partial charge < -0.3 is 10.6 Å². The number of likely N-dealkylation sites (N-methyl/N-ethyl adjacent to an activating group) is 1. The van der Waals surface area contributed by atoms with Gasteiger partial charge in [0.15, 0.2) is 0 Å². The number of nitrogens with one attached hydrogen (secondary N) is 2. The number of hydrogen-bond donors (Lipinski definition) is 2. The molecular weight excluding hydrogens is 195 g/mol. The van der Waals surface area contributed by atoms with Crippen LogP contribution in [0.3, 0.4) is 0 Å². The predicted molar refractivity (Wildman–Crippen MR) is 56.8 cm³/mol. The fourth-order valence-electron chi connectivity index (χ4n) is 1.11. The summed E-state index contributed by atoms with van der Waals surface area (Å²) >= 11 is 0. The van der Waals surface area contributed by atoms with E-state index in [1.54, 1.807) is 32.2 Å². The van der Waals surface area contributed by atoms with E-state index in [9.17, 15) is 9.18 Å². The molecule has 1 aromatic rings. The van der Waals surface area contributed by atoms with Crippen molar-refractivity contribution in [2.24, 2.45) is 0 Å². The molecule has 0 radical (unpaired) electrons. The zero-order chi connectivity index (χ0) is 11.3. The van der Waals surface area contributed by atoms with Crippen LogP contribution in [0.25, 0.3) is 0 Å². The Morgan fingerprint density at radius 2 is 2.13 bits per heavy atom. The van der Waals surface area contributed by atoms with Gasteiger partial charge in [0, 0.05) is 12.1 Å². The quantitative estimate of drug-likeness (QED) is 0.780. The first kappa shape index (κ1) is 11.7. The Kier molecular flexibility index (Phi) is 4.24. The minimum absolute atomic E-state index is 0.138. The molecule has 82 valence electrons. The molecule has 3 nitrogen and oxygen atoms in total. The summed E-state index contributed by atoms with van der Waals surface area (Å²) in [7, 11) is 1.70. The molecule has 1 amide bonds. The van der Waals surface area contributed by atoms with Crippen LogP contribution >= 0.6 is 0 Å². The summed E-state index contributed by atoms with van der Waals surface area (Å²) in [6.45, 7) is 1.97. The number of halogens is 1. The molecule has 0 fully saturated rings. The maximum absolute atomic E-state index is 13.2. The van der Waals surface area contributed by atoms with Gasteiger partial charge >= 0.3 is 0 Å². The van der Waals surface area contributed by atoms with Crippen LogP contribution in [0.1, 0.15) is 12.5 Å². The molecule has 0 aliphatic rings. The number of carbonyl (C=O) groups excluding carboxylic acids is 1. The van der Waals surface area contributed by atoms with Crippen molar-refractivity contribution in [2.75, 3.05) is 7.05 Å². The molecule has 1 unspecified atom stereocenters. The third-order valence-electron chi connectivity index (χ3n) is 2.24. The summed E-state index contributed by atoms with van der Waals surface area (Å²) < 4.78 is 13.2. The molecule has 0 spiro atoms. The first-order valence-electron chi connectivity index (χ1n) is 4.83. The minimum Gasteiger partial charge on any atom is -0.351 e. The van der Waals surface area contributed by atoms with Gasteiger partial charge in [-0.25, -0.2) is 4.39 Å². The van der Waals surface area contributed by atoms with Crippen molar-refractivity contribution >= 4 is 5.91 Å². The predicted octanol–water partition coefficient (Wildman–Crippen LogP) is 1.05. The standard InChI is InChI=1S/C11H15FN2O/c1-8(13-2)11(15)14-7-9-5-3-4-6-10(9)12/h3-6,8,13H,7H2,1-2H3,(H,14,15). The van der Waals surface area contributed by atoms with Crippen LogP contribution in [0.4, 0.5) is 4.39 Å². The highest BCUT2D eigenvalue weighted by atomic mass is 19.1. The first-order chi connectivity index (χ1) is 7.15. The Morgan fingerprint density at radius 1 is 1.47 bits per heavy atom. The van der Waals surface area contributed by atoms with Gasteiger partial charge in [-0.05, 0) is 20.0 Å². The van der Waals surface area contributed by atoms with Crippen LogP contribution in [0.2, 0.25) is 0 Å². The Morgan fingerprint density at radius 3 is 2.73 bits per heavy atom. The SMILES string of the molecule is CNC(C)C(=O)NCc1ccccc1F. The Labute approximate surface area is 88.7 Å². The van der Waals surface area contributed by atoms with Gasteiger partial charge in [0.2, 0.25) is 5.91 Å². The zero-order valence-corrected chi connectivity index (χ0v) is 8.88. The fraction of sp³-hybridized carbons (Fsp3) is 0.364. The van der Waals surface area contributed by atoms with Crippen molar-refractivity contribution in [1.29, 1.82) is 0 Å². The highest BCUT2D eigenvalue weighted by Gasteiger charge is 2.09. The summed E-state index contributed by atoms with van der Waals surface area (Å²) in [6, 6.07) is 6.13. The zero-order valence-electron chi connectivity index (χ0n) is 8.88. The van der Waals surface area contributed by atoms with Gasteiger partial charge in [-0.1, -0.05) is 18.2 Å². The van der Waals surface area contributed by atoms with E-state index in [0.29, 0.717) is 5.56 Å². The second kappa shape index (κ2) is 5.46. The molecule has 4 heteroatoms. The molecule has 0 heterocycles. The van der Waals surface area contributed by atoms with Crippen LogP contribution in [0.5, 0.6) is 0 Å². The van der Waals surface area contributed by atoms with Gasteiger partial charge in [-0.15, -0.1) is 0 Å². The van der Waals surface area contributed by atoms with Crippen molar-refractivity contribution in [2.45, 2.75) is 19.5 Å². The monoisotopic (exact) mass is 210 g/mol. The molecule has 1 atom stereocenters. The lowest BCUT2D eigenvalue weighted by atomic mass is 10.2. The largest absolute Gasteiger partial charge is 0.351 e. The third-order valence-corrected chi connectivity index (χ3v) is 2.24. The van der Waals surface area contributed by atoms with Gasteiger partial charge in [-0.2, -0.15) is 0 Å². The molecule has 2 N–H and O–H groups in total. The van der Waals surface area contributed by atoms with Crippen molar-refractivity contribution in [3.05, 3.63) is 35.6 Å². The smallest absolute Gasteiger partial charge is 0.237 e. The maximum atomic E-state index is 13.2. The van der Waals surface area contributed by atoms with Crippen LogP contribution < -0.4 is 10.6 Å². The number of benzene rings is 1. The number of rotatable bonds is 4.